The van der Waals surface area contributed by atoms with Gasteiger partial charge in [-0.05, 0) is 23.8 Å². The molecule has 0 amide bonds. The number of aromatic nitrogens is 1. The molecule has 0 saturated heterocycles. The van der Waals surface area contributed by atoms with E-state index in [0.717, 1.165) is 16.9 Å². The zero-order valence-electron chi connectivity index (χ0n) is 8.83. The van der Waals surface area contributed by atoms with Gasteiger partial charge in [0.1, 0.15) is 4.21 Å². The number of nitrogens with one attached hydrogen (secondary N) is 1. The summed E-state index contributed by atoms with van der Waals surface area (Å²) in [6.45, 7) is 0.239. The molecular formula is C10H11N3O2S2. The van der Waals surface area contributed by atoms with E-state index < -0.39 is 10.0 Å². The Kier molecular flexibility index (Phi) is 3.41. The average Bonchev–Trinajstić information content (AvgIpc) is 2.76. The van der Waals surface area contributed by atoms with E-state index in [2.05, 4.69) is 9.71 Å². The minimum Gasteiger partial charge on any atom is -0.398 e. The van der Waals surface area contributed by atoms with Gasteiger partial charge in [0.05, 0.1) is 0 Å². The van der Waals surface area contributed by atoms with Crippen LogP contribution in [0.3, 0.4) is 0 Å². The summed E-state index contributed by atoms with van der Waals surface area (Å²) in [4.78, 5) is 3.86. The smallest absolute Gasteiger partial charge is 0.250 e. The molecule has 2 heterocycles. The van der Waals surface area contributed by atoms with E-state index in [1.807, 2.05) is 0 Å². The van der Waals surface area contributed by atoms with Crippen LogP contribution < -0.4 is 10.5 Å². The van der Waals surface area contributed by atoms with Crippen LogP contribution in [-0.4, -0.2) is 13.4 Å². The fourth-order valence-corrected chi connectivity index (χ4v) is 3.36. The summed E-state index contributed by atoms with van der Waals surface area (Å²) >= 11 is 1.10. The Balaban J connectivity index is 2.09. The lowest BCUT2D eigenvalue weighted by Gasteiger charge is -2.04. The van der Waals surface area contributed by atoms with Crippen molar-refractivity contribution in [3.63, 3.8) is 0 Å². The minimum atomic E-state index is -3.47. The molecule has 5 nitrogen and oxygen atoms in total. The highest BCUT2D eigenvalue weighted by molar-refractivity contribution is 7.91. The van der Waals surface area contributed by atoms with Gasteiger partial charge in [0.2, 0.25) is 10.0 Å². The van der Waals surface area contributed by atoms with Crippen molar-refractivity contribution in [3.05, 3.63) is 41.5 Å². The van der Waals surface area contributed by atoms with Crippen LogP contribution in [-0.2, 0) is 16.6 Å². The van der Waals surface area contributed by atoms with E-state index in [1.165, 1.54) is 6.07 Å². The molecule has 0 aliphatic carbocycles. The molecule has 17 heavy (non-hydrogen) atoms. The number of nitrogen functional groups attached to an aromatic ring is 1. The summed E-state index contributed by atoms with van der Waals surface area (Å²) in [6, 6.07) is 4.95. The van der Waals surface area contributed by atoms with Crippen molar-refractivity contribution in [1.82, 2.24) is 9.71 Å². The maximum absolute atomic E-state index is 11.8. The lowest BCUT2D eigenvalue weighted by atomic mass is 10.3. The van der Waals surface area contributed by atoms with Crippen LogP contribution in [0.5, 0.6) is 0 Å². The van der Waals surface area contributed by atoms with Crippen LogP contribution in [0, 0.1) is 0 Å². The second-order valence-electron chi connectivity index (χ2n) is 3.38. The van der Waals surface area contributed by atoms with E-state index >= 15 is 0 Å². The molecule has 3 N–H and O–H groups in total. The van der Waals surface area contributed by atoms with Crippen molar-refractivity contribution in [1.29, 1.82) is 0 Å². The molecule has 7 heteroatoms. The predicted molar refractivity (Wildman–Crippen MR) is 67.0 cm³/mol. The van der Waals surface area contributed by atoms with Gasteiger partial charge in [-0.1, -0.05) is 0 Å². The van der Waals surface area contributed by atoms with Gasteiger partial charge in [0.25, 0.3) is 0 Å². The van der Waals surface area contributed by atoms with Crippen molar-refractivity contribution >= 4 is 27.0 Å². The lowest BCUT2D eigenvalue weighted by Crippen LogP contribution is -2.22. The third-order valence-electron chi connectivity index (χ3n) is 2.08. The molecule has 0 radical (unpaired) electrons. The fraction of sp³-hybridized carbons (Fsp3) is 0.100. The first-order valence-corrected chi connectivity index (χ1v) is 7.17. The lowest BCUT2D eigenvalue weighted by molar-refractivity contribution is 0.583. The number of pyridine rings is 1. The monoisotopic (exact) mass is 269 g/mol. The quantitative estimate of drug-likeness (QED) is 0.873. The number of hydrogen-bond donors (Lipinski definition) is 2. The zero-order valence-corrected chi connectivity index (χ0v) is 10.5. The number of rotatable bonds is 4. The van der Waals surface area contributed by atoms with Crippen molar-refractivity contribution < 1.29 is 8.42 Å². The molecule has 2 aromatic heterocycles. The standard InChI is InChI=1S/C10H11N3O2S2/c11-9-5-10(16-7-9)17(14,15)13-6-8-1-3-12-4-2-8/h1-5,7,13H,6,11H2. The van der Waals surface area contributed by atoms with Gasteiger partial charge in [-0.25, -0.2) is 13.1 Å². The third-order valence-corrected chi connectivity index (χ3v) is 4.94. The molecule has 2 rings (SSSR count). The van der Waals surface area contributed by atoms with Crippen molar-refractivity contribution in [2.75, 3.05) is 5.73 Å². The van der Waals surface area contributed by atoms with Crippen LogP contribution in [0.4, 0.5) is 5.69 Å². The number of sulfonamides is 1. The van der Waals surface area contributed by atoms with Gasteiger partial charge in [0.15, 0.2) is 0 Å². The van der Waals surface area contributed by atoms with Gasteiger partial charge < -0.3 is 5.73 Å². The maximum atomic E-state index is 11.8. The van der Waals surface area contributed by atoms with Crippen LogP contribution in [0.25, 0.3) is 0 Å². The molecule has 2 aromatic rings. The molecular weight excluding hydrogens is 258 g/mol. The highest BCUT2D eigenvalue weighted by Gasteiger charge is 2.15. The fourth-order valence-electron chi connectivity index (χ4n) is 1.22. The molecule has 0 bridgehead atoms. The number of hydrogen-bond acceptors (Lipinski definition) is 5. The molecule has 0 atom stereocenters. The van der Waals surface area contributed by atoms with E-state index in [-0.39, 0.29) is 10.8 Å². The van der Waals surface area contributed by atoms with E-state index in [1.54, 1.807) is 29.9 Å². The number of nitrogens with two attached hydrogens (primary N) is 1. The van der Waals surface area contributed by atoms with Gasteiger partial charge in [-0.2, -0.15) is 0 Å². The first-order chi connectivity index (χ1) is 8.08. The predicted octanol–water partition coefficient (Wildman–Crippen LogP) is 1.20. The Morgan fingerprint density at radius 2 is 2.06 bits per heavy atom. The van der Waals surface area contributed by atoms with Crippen LogP contribution in [0.1, 0.15) is 5.56 Å². The first-order valence-electron chi connectivity index (χ1n) is 4.80. The molecule has 0 fully saturated rings. The Bertz CT molecular complexity index is 593. The van der Waals surface area contributed by atoms with Crippen LogP contribution in [0.15, 0.2) is 40.2 Å². The Hall–Kier alpha value is -1.44. The Labute approximate surface area is 103 Å². The second-order valence-corrected chi connectivity index (χ2v) is 6.28. The van der Waals surface area contributed by atoms with Gasteiger partial charge in [0, 0.05) is 30.0 Å². The highest BCUT2D eigenvalue weighted by Crippen LogP contribution is 2.21. The second kappa shape index (κ2) is 4.82. The Morgan fingerprint density at radius 3 is 2.65 bits per heavy atom. The molecule has 90 valence electrons. The third kappa shape index (κ3) is 3.02. The molecule has 0 aliphatic heterocycles. The normalized spacial score (nSPS) is 11.5. The summed E-state index contributed by atoms with van der Waals surface area (Å²) in [6.07, 6.45) is 3.24. The van der Waals surface area contributed by atoms with E-state index in [0.29, 0.717) is 5.69 Å². The highest BCUT2D eigenvalue weighted by atomic mass is 32.2. The summed E-state index contributed by atoms with van der Waals surface area (Å²) < 4.78 is 26.4. The largest absolute Gasteiger partial charge is 0.398 e. The van der Waals surface area contributed by atoms with Crippen molar-refractivity contribution in [2.24, 2.45) is 0 Å². The van der Waals surface area contributed by atoms with E-state index in [4.69, 9.17) is 5.73 Å². The maximum Gasteiger partial charge on any atom is 0.250 e. The molecule has 0 aliphatic rings. The molecule has 0 spiro atoms. The SMILES string of the molecule is Nc1csc(S(=O)(=O)NCc2ccncc2)c1. The molecule has 0 unspecified atom stereocenters. The van der Waals surface area contributed by atoms with Gasteiger partial charge in [-0.3, -0.25) is 4.98 Å². The minimum absolute atomic E-state index is 0.226. The summed E-state index contributed by atoms with van der Waals surface area (Å²) in [5.41, 5.74) is 6.80. The summed E-state index contributed by atoms with van der Waals surface area (Å²) in [5.74, 6) is 0. The van der Waals surface area contributed by atoms with Gasteiger partial charge in [-0.15, -0.1) is 11.3 Å². The number of nitrogens with zero attached hydrogens (tertiary/aromatic N) is 1. The Morgan fingerprint density at radius 1 is 1.35 bits per heavy atom. The molecule has 0 saturated carbocycles. The summed E-state index contributed by atoms with van der Waals surface area (Å²) in [5, 5.41) is 1.60. The van der Waals surface area contributed by atoms with Crippen LogP contribution >= 0.6 is 11.3 Å². The number of anilines is 1. The van der Waals surface area contributed by atoms with Crippen molar-refractivity contribution in [3.8, 4) is 0 Å². The molecule has 0 aromatic carbocycles. The van der Waals surface area contributed by atoms with E-state index in [9.17, 15) is 8.42 Å². The summed E-state index contributed by atoms with van der Waals surface area (Å²) in [7, 11) is -3.47. The topological polar surface area (TPSA) is 85.1 Å². The zero-order chi connectivity index (χ0) is 12.3. The van der Waals surface area contributed by atoms with Crippen LogP contribution in [0.2, 0.25) is 0 Å². The average molecular weight is 269 g/mol. The number of thiophene rings is 1. The van der Waals surface area contributed by atoms with Gasteiger partial charge >= 0.3 is 0 Å². The van der Waals surface area contributed by atoms with Crippen molar-refractivity contribution in [2.45, 2.75) is 10.8 Å². The first kappa shape index (κ1) is 12.0.